The first-order chi connectivity index (χ1) is 14.7. The van der Waals surface area contributed by atoms with Crippen molar-refractivity contribution in [2.45, 2.75) is 57.4 Å². The lowest BCUT2D eigenvalue weighted by Gasteiger charge is -2.37. The second-order valence-electron chi connectivity index (χ2n) is 9.37. The summed E-state index contributed by atoms with van der Waals surface area (Å²) in [6.07, 6.45) is 13.2. The molecular formula is C25H36FN3O. The minimum absolute atomic E-state index is 0.116. The van der Waals surface area contributed by atoms with Gasteiger partial charge in [-0.3, -0.25) is 9.69 Å². The van der Waals surface area contributed by atoms with Gasteiger partial charge >= 0.3 is 0 Å². The van der Waals surface area contributed by atoms with Gasteiger partial charge < -0.3 is 10.2 Å². The van der Waals surface area contributed by atoms with Crippen LogP contribution in [-0.2, 0) is 4.79 Å². The van der Waals surface area contributed by atoms with Crippen LogP contribution in [0.5, 0.6) is 0 Å². The molecule has 0 unspecified atom stereocenters. The van der Waals surface area contributed by atoms with E-state index < -0.39 is 0 Å². The molecule has 1 saturated carbocycles. The predicted octanol–water partition coefficient (Wildman–Crippen LogP) is 4.37. The maximum atomic E-state index is 14.0. The topological polar surface area (TPSA) is 35.6 Å². The number of anilines is 1. The SMILES string of the molecule is O=C(CC1CC=CC1)N[C@H]1CC[C@H](CCN2CCN(c3ccccc3F)CC2)CC1. The first kappa shape index (κ1) is 21.4. The number of benzene rings is 1. The van der Waals surface area contributed by atoms with Crippen molar-refractivity contribution in [1.82, 2.24) is 10.2 Å². The third kappa shape index (κ3) is 5.84. The van der Waals surface area contributed by atoms with Crippen LogP contribution in [0.15, 0.2) is 36.4 Å². The van der Waals surface area contributed by atoms with Crippen molar-refractivity contribution in [1.29, 1.82) is 0 Å². The Morgan fingerprint density at radius 1 is 0.967 bits per heavy atom. The van der Waals surface area contributed by atoms with Gasteiger partial charge in [-0.2, -0.15) is 0 Å². The van der Waals surface area contributed by atoms with Crippen LogP contribution in [0, 0.1) is 17.7 Å². The van der Waals surface area contributed by atoms with Crippen LogP contribution < -0.4 is 10.2 Å². The summed E-state index contributed by atoms with van der Waals surface area (Å²) < 4.78 is 14.0. The predicted molar refractivity (Wildman–Crippen MR) is 120 cm³/mol. The molecule has 2 fully saturated rings. The summed E-state index contributed by atoms with van der Waals surface area (Å²) in [5.74, 6) is 1.44. The zero-order valence-electron chi connectivity index (χ0n) is 18.1. The molecule has 5 heteroatoms. The molecule has 1 aromatic carbocycles. The summed E-state index contributed by atoms with van der Waals surface area (Å²) in [5.41, 5.74) is 0.738. The van der Waals surface area contributed by atoms with Gasteiger partial charge in [0.15, 0.2) is 0 Å². The van der Waals surface area contributed by atoms with Gasteiger partial charge in [-0.1, -0.05) is 24.3 Å². The number of allylic oxidation sites excluding steroid dienone is 2. The summed E-state index contributed by atoms with van der Waals surface area (Å²) in [6, 6.07) is 7.48. The quantitative estimate of drug-likeness (QED) is 0.675. The normalized spacial score (nSPS) is 25.6. The maximum absolute atomic E-state index is 14.0. The van der Waals surface area contributed by atoms with Crippen molar-refractivity contribution in [3.63, 3.8) is 0 Å². The number of para-hydroxylation sites is 1. The molecular weight excluding hydrogens is 377 g/mol. The second-order valence-corrected chi connectivity index (χ2v) is 9.37. The highest BCUT2D eigenvalue weighted by Gasteiger charge is 2.25. The molecule has 1 heterocycles. The van der Waals surface area contributed by atoms with E-state index in [0.29, 0.717) is 18.4 Å². The first-order valence-corrected chi connectivity index (χ1v) is 11.8. The zero-order chi connectivity index (χ0) is 20.8. The number of amides is 1. The molecule has 0 aromatic heterocycles. The van der Waals surface area contributed by atoms with Gasteiger partial charge in [0.25, 0.3) is 0 Å². The number of halogens is 1. The average Bonchev–Trinajstić information content (AvgIpc) is 3.27. The number of nitrogens with zero attached hydrogens (tertiary/aromatic N) is 2. The summed E-state index contributed by atoms with van der Waals surface area (Å²) in [5, 5.41) is 3.28. The van der Waals surface area contributed by atoms with Crippen LogP contribution in [0.3, 0.4) is 0 Å². The molecule has 1 aliphatic heterocycles. The van der Waals surface area contributed by atoms with Crippen LogP contribution in [0.4, 0.5) is 10.1 Å². The molecule has 2 aliphatic carbocycles. The van der Waals surface area contributed by atoms with Crippen LogP contribution in [0.2, 0.25) is 0 Å². The molecule has 30 heavy (non-hydrogen) atoms. The summed E-state index contributed by atoms with van der Waals surface area (Å²) in [6.45, 7) is 4.96. The fraction of sp³-hybridized carbons (Fsp3) is 0.640. The Morgan fingerprint density at radius 2 is 1.67 bits per heavy atom. The van der Waals surface area contributed by atoms with Crippen LogP contribution >= 0.6 is 0 Å². The Morgan fingerprint density at radius 3 is 2.37 bits per heavy atom. The van der Waals surface area contributed by atoms with Gasteiger partial charge in [0.2, 0.25) is 5.91 Å². The molecule has 1 saturated heterocycles. The van der Waals surface area contributed by atoms with E-state index in [1.54, 1.807) is 12.1 Å². The summed E-state index contributed by atoms with van der Waals surface area (Å²) in [7, 11) is 0. The number of carbonyl (C=O) groups is 1. The largest absolute Gasteiger partial charge is 0.367 e. The third-order valence-corrected chi connectivity index (χ3v) is 7.21. The van der Waals surface area contributed by atoms with E-state index >= 15 is 0 Å². The lowest BCUT2D eigenvalue weighted by atomic mass is 9.84. The minimum Gasteiger partial charge on any atom is -0.367 e. The number of hydrogen-bond acceptors (Lipinski definition) is 3. The van der Waals surface area contributed by atoms with Crippen molar-refractivity contribution in [3.8, 4) is 0 Å². The van der Waals surface area contributed by atoms with E-state index in [2.05, 4.69) is 27.3 Å². The van der Waals surface area contributed by atoms with E-state index in [-0.39, 0.29) is 11.7 Å². The van der Waals surface area contributed by atoms with Crippen LogP contribution in [0.25, 0.3) is 0 Å². The van der Waals surface area contributed by atoms with Crippen molar-refractivity contribution in [2.24, 2.45) is 11.8 Å². The monoisotopic (exact) mass is 413 g/mol. The van der Waals surface area contributed by atoms with E-state index in [9.17, 15) is 9.18 Å². The van der Waals surface area contributed by atoms with Gasteiger partial charge in [0.1, 0.15) is 5.82 Å². The molecule has 3 aliphatic rings. The highest BCUT2D eigenvalue weighted by molar-refractivity contribution is 5.76. The van der Waals surface area contributed by atoms with Crippen molar-refractivity contribution in [3.05, 3.63) is 42.2 Å². The lowest BCUT2D eigenvalue weighted by molar-refractivity contribution is -0.122. The highest BCUT2D eigenvalue weighted by atomic mass is 19.1. The van der Waals surface area contributed by atoms with Crippen molar-refractivity contribution in [2.75, 3.05) is 37.6 Å². The molecule has 1 aromatic rings. The van der Waals surface area contributed by atoms with Gasteiger partial charge in [-0.05, 0) is 75.5 Å². The summed E-state index contributed by atoms with van der Waals surface area (Å²) >= 11 is 0. The van der Waals surface area contributed by atoms with Crippen molar-refractivity contribution < 1.29 is 9.18 Å². The number of hydrogen-bond donors (Lipinski definition) is 1. The maximum Gasteiger partial charge on any atom is 0.220 e. The standard InChI is InChI=1S/C25H36FN3O/c26-23-7-3-4-8-24(23)29-17-15-28(16-18-29)14-13-20-9-11-22(12-10-20)27-25(30)19-21-5-1-2-6-21/h1-4,7-8,20-22H,5-6,9-19H2,(H,27,30)/t20-,22-. The smallest absolute Gasteiger partial charge is 0.220 e. The van der Waals surface area contributed by atoms with E-state index in [1.165, 1.54) is 19.3 Å². The molecule has 4 nitrogen and oxygen atoms in total. The number of piperazine rings is 1. The third-order valence-electron chi connectivity index (χ3n) is 7.21. The van der Waals surface area contributed by atoms with Gasteiger partial charge in [-0.15, -0.1) is 0 Å². The average molecular weight is 414 g/mol. The number of carbonyl (C=O) groups excluding carboxylic acids is 1. The molecule has 0 radical (unpaired) electrons. The Balaban J connectivity index is 1.10. The van der Waals surface area contributed by atoms with Crippen LogP contribution in [0.1, 0.15) is 51.4 Å². The molecule has 1 N–H and O–H groups in total. The molecule has 1 amide bonds. The van der Waals surface area contributed by atoms with Gasteiger partial charge in [-0.25, -0.2) is 4.39 Å². The minimum atomic E-state index is -0.116. The first-order valence-electron chi connectivity index (χ1n) is 11.8. The number of rotatable bonds is 7. The highest BCUT2D eigenvalue weighted by Crippen LogP contribution is 2.28. The molecule has 164 valence electrons. The Bertz CT molecular complexity index is 713. The van der Waals surface area contributed by atoms with E-state index in [1.807, 2.05) is 12.1 Å². The molecule has 4 rings (SSSR count). The second kappa shape index (κ2) is 10.4. The zero-order valence-corrected chi connectivity index (χ0v) is 18.1. The molecule has 0 bridgehead atoms. The van der Waals surface area contributed by atoms with Crippen molar-refractivity contribution >= 4 is 11.6 Å². The number of nitrogens with one attached hydrogen (secondary N) is 1. The Kier molecular flexibility index (Phi) is 7.42. The van der Waals surface area contributed by atoms with Gasteiger partial charge in [0, 0.05) is 38.6 Å². The summed E-state index contributed by atoms with van der Waals surface area (Å²) in [4.78, 5) is 17.0. The van der Waals surface area contributed by atoms with Crippen LogP contribution in [-0.4, -0.2) is 49.6 Å². The van der Waals surface area contributed by atoms with E-state index in [0.717, 1.165) is 70.0 Å². The van der Waals surface area contributed by atoms with Gasteiger partial charge in [0.05, 0.1) is 5.69 Å². The fourth-order valence-electron chi connectivity index (χ4n) is 5.27. The fourth-order valence-corrected chi connectivity index (χ4v) is 5.27. The Labute approximate surface area is 180 Å². The molecule has 0 spiro atoms. The Hall–Kier alpha value is -1.88. The lowest BCUT2D eigenvalue weighted by Crippen LogP contribution is -2.47. The molecule has 0 atom stereocenters. The van der Waals surface area contributed by atoms with E-state index in [4.69, 9.17) is 0 Å².